The third kappa shape index (κ3) is 1.73. The number of nitrogens with zero attached hydrogens (tertiary/aromatic N) is 1. The van der Waals surface area contributed by atoms with Gasteiger partial charge >= 0.3 is 0 Å². The molecule has 0 aliphatic carbocycles. The Kier molecular flexibility index (Phi) is 2.63. The fourth-order valence-corrected chi connectivity index (χ4v) is 4.01. The molecule has 0 saturated heterocycles. The summed E-state index contributed by atoms with van der Waals surface area (Å²) >= 11 is 6.31. The maximum Gasteiger partial charge on any atom is 0.257 e. The predicted octanol–water partition coefficient (Wildman–Crippen LogP) is 3.50. The van der Waals surface area contributed by atoms with E-state index in [0.29, 0.717) is 10.6 Å². The summed E-state index contributed by atoms with van der Waals surface area (Å²) in [5, 5.41) is 8.22. The smallest absolute Gasteiger partial charge is 0.257 e. The van der Waals surface area contributed by atoms with E-state index in [1.54, 1.807) is 0 Å². The second kappa shape index (κ2) is 4.60. The molecular formula is C18H14ClN3O. The number of rotatable bonds is 0. The molecule has 0 spiro atoms. The van der Waals surface area contributed by atoms with Crippen molar-refractivity contribution in [1.82, 2.24) is 9.88 Å². The fraction of sp³-hybridized carbons (Fsp3) is 0.167. The number of hydrogen-bond donors (Lipinski definition) is 2. The number of fused-ring (bicyclic) bond motifs is 5. The standard InChI is InChI=1S/C18H14ClN3O/c19-10-7-12-13-9-20-6-5-16(13)22-15-4-2-1-3-11(15)18(23)21-14(8-10)17(12)22/h1-4,7-8,20H,5-6,9H2,(H,21,23). The van der Waals surface area contributed by atoms with Crippen LogP contribution >= 0.6 is 11.6 Å². The third-order valence-electron chi connectivity index (χ3n) is 4.72. The number of halogens is 1. The van der Waals surface area contributed by atoms with E-state index in [-0.39, 0.29) is 5.91 Å². The Morgan fingerprint density at radius 2 is 2.04 bits per heavy atom. The average Bonchev–Trinajstić information content (AvgIpc) is 2.82. The van der Waals surface area contributed by atoms with Crippen LogP contribution in [-0.2, 0) is 13.0 Å². The van der Waals surface area contributed by atoms with Crippen LogP contribution in [0.3, 0.4) is 0 Å². The molecule has 3 heterocycles. The Morgan fingerprint density at radius 3 is 2.96 bits per heavy atom. The molecule has 0 fully saturated rings. The lowest BCUT2D eigenvalue weighted by atomic mass is 10.0. The van der Waals surface area contributed by atoms with Gasteiger partial charge in [0.1, 0.15) is 0 Å². The zero-order valence-electron chi connectivity index (χ0n) is 12.3. The summed E-state index contributed by atoms with van der Waals surface area (Å²) in [7, 11) is 0. The van der Waals surface area contributed by atoms with Crippen LogP contribution in [0.15, 0.2) is 36.4 Å². The molecule has 2 aromatic carbocycles. The van der Waals surface area contributed by atoms with E-state index in [1.165, 1.54) is 11.3 Å². The highest BCUT2D eigenvalue weighted by Crippen LogP contribution is 2.40. The molecule has 5 heteroatoms. The Bertz CT molecular complexity index is 990. The minimum absolute atomic E-state index is 0.0875. The molecule has 23 heavy (non-hydrogen) atoms. The molecule has 0 saturated carbocycles. The largest absolute Gasteiger partial charge is 0.320 e. The molecule has 5 rings (SSSR count). The van der Waals surface area contributed by atoms with Gasteiger partial charge in [0.15, 0.2) is 0 Å². The minimum Gasteiger partial charge on any atom is -0.320 e. The van der Waals surface area contributed by atoms with Crippen molar-refractivity contribution in [2.24, 2.45) is 0 Å². The number of anilines is 1. The molecule has 1 amide bonds. The van der Waals surface area contributed by atoms with E-state index < -0.39 is 0 Å². The first kappa shape index (κ1) is 13.2. The summed E-state index contributed by atoms with van der Waals surface area (Å²) in [6.45, 7) is 1.77. The summed E-state index contributed by atoms with van der Waals surface area (Å²) < 4.78 is 2.24. The van der Waals surface area contributed by atoms with Gasteiger partial charge in [-0.2, -0.15) is 0 Å². The van der Waals surface area contributed by atoms with Crippen molar-refractivity contribution in [2.45, 2.75) is 13.0 Å². The molecule has 4 nitrogen and oxygen atoms in total. The summed E-state index contributed by atoms with van der Waals surface area (Å²) in [5.41, 5.74) is 6.01. The van der Waals surface area contributed by atoms with Crippen LogP contribution < -0.4 is 10.6 Å². The van der Waals surface area contributed by atoms with Crippen molar-refractivity contribution in [1.29, 1.82) is 0 Å². The maximum absolute atomic E-state index is 12.6. The number of carbonyl (C=O) groups is 1. The number of amides is 1. The summed E-state index contributed by atoms with van der Waals surface area (Å²) in [4.78, 5) is 12.6. The van der Waals surface area contributed by atoms with Gasteiger partial charge in [-0.05, 0) is 29.8 Å². The monoisotopic (exact) mass is 323 g/mol. The third-order valence-corrected chi connectivity index (χ3v) is 4.94. The minimum atomic E-state index is -0.0875. The quantitative estimate of drug-likeness (QED) is 0.665. The predicted molar refractivity (Wildman–Crippen MR) is 91.6 cm³/mol. The van der Waals surface area contributed by atoms with E-state index in [2.05, 4.69) is 15.2 Å². The van der Waals surface area contributed by atoms with E-state index in [0.717, 1.165) is 41.8 Å². The first-order valence-electron chi connectivity index (χ1n) is 7.71. The average molecular weight is 324 g/mol. The second-order valence-electron chi connectivity index (χ2n) is 6.01. The van der Waals surface area contributed by atoms with E-state index in [1.807, 2.05) is 36.4 Å². The molecule has 114 valence electrons. The van der Waals surface area contributed by atoms with Gasteiger partial charge in [-0.1, -0.05) is 23.7 Å². The topological polar surface area (TPSA) is 46.1 Å². The lowest BCUT2D eigenvalue weighted by Crippen LogP contribution is -2.24. The van der Waals surface area contributed by atoms with E-state index >= 15 is 0 Å². The van der Waals surface area contributed by atoms with Gasteiger partial charge in [0.05, 0.1) is 22.5 Å². The Balaban J connectivity index is 2.00. The number of carbonyl (C=O) groups excluding carboxylic acids is 1. The lowest BCUT2D eigenvalue weighted by molar-refractivity contribution is 0.102. The number of nitrogens with one attached hydrogen (secondary N) is 2. The summed E-state index contributed by atoms with van der Waals surface area (Å²) in [5.74, 6) is -0.0875. The van der Waals surface area contributed by atoms with Gasteiger partial charge in [-0.3, -0.25) is 4.79 Å². The van der Waals surface area contributed by atoms with Crippen molar-refractivity contribution in [3.8, 4) is 5.69 Å². The Morgan fingerprint density at radius 1 is 1.17 bits per heavy atom. The molecule has 0 atom stereocenters. The highest BCUT2D eigenvalue weighted by atomic mass is 35.5. The molecule has 3 aromatic rings. The van der Waals surface area contributed by atoms with Crippen LogP contribution in [0.5, 0.6) is 0 Å². The van der Waals surface area contributed by atoms with Crippen molar-refractivity contribution in [2.75, 3.05) is 11.9 Å². The number of aromatic nitrogens is 1. The van der Waals surface area contributed by atoms with Crippen LogP contribution in [0.2, 0.25) is 5.02 Å². The Labute approximate surface area is 138 Å². The van der Waals surface area contributed by atoms with Gasteiger partial charge in [0.2, 0.25) is 0 Å². The molecular weight excluding hydrogens is 310 g/mol. The van der Waals surface area contributed by atoms with Crippen molar-refractivity contribution < 1.29 is 4.79 Å². The maximum atomic E-state index is 12.6. The molecule has 2 N–H and O–H groups in total. The number of benzene rings is 2. The zero-order valence-corrected chi connectivity index (χ0v) is 13.1. The SMILES string of the molecule is O=C1Nc2cc(Cl)cc3c4c(n(c23)-c2ccccc21)CCNC4. The molecule has 1 aromatic heterocycles. The number of hydrogen-bond acceptors (Lipinski definition) is 2. The van der Waals surface area contributed by atoms with Gasteiger partial charge in [0, 0.05) is 35.6 Å². The first-order chi connectivity index (χ1) is 11.2. The normalized spacial score (nSPS) is 15.8. The Hall–Kier alpha value is -2.30. The fourth-order valence-electron chi connectivity index (χ4n) is 3.79. The van der Waals surface area contributed by atoms with E-state index in [4.69, 9.17) is 11.6 Å². The first-order valence-corrected chi connectivity index (χ1v) is 8.09. The highest BCUT2D eigenvalue weighted by Gasteiger charge is 2.28. The zero-order chi connectivity index (χ0) is 15.6. The summed E-state index contributed by atoms with van der Waals surface area (Å²) in [6, 6.07) is 11.6. The van der Waals surface area contributed by atoms with Gasteiger partial charge < -0.3 is 15.2 Å². The van der Waals surface area contributed by atoms with Crippen molar-refractivity contribution in [3.63, 3.8) is 0 Å². The van der Waals surface area contributed by atoms with Gasteiger partial charge in [-0.25, -0.2) is 0 Å². The molecule has 2 aliphatic heterocycles. The van der Waals surface area contributed by atoms with Crippen molar-refractivity contribution >= 4 is 34.1 Å². The highest BCUT2D eigenvalue weighted by molar-refractivity contribution is 6.32. The van der Waals surface area contributed by atoms with Crippen LogP contribution in [0.25, 0.3) is 16.6 Å². The van der Waals surface area contributed by atoms with Crippen LogP contribution in [0.4, 0.5) is 5.69 Å². The van der Waals surface area contributed by atoms with Crippen LogP contribution in [0, 0.1) is 0 Å². The number of para-hydroxylation sites is 1. The molecule has 0 radical (unpaired) electrons. The van der Waals surface area contributed by atoms with E-state index in [9.17, 15) is 4.79 Å². The molecule has 2 aliphatic rings. The molecule has 0 bridgehead atoms. The molecule has 0 unspecified atom stereocenters. The summed E-state index contributed by atoms with van der Waals surface area (Å²) in [6.07, 6.45) is 0.934. The van der Waals surface area contributed by atoms with Crippen LogP contribution in [-0.4, -0.2) is 17.0 Å². The lowest BCUT2D eigenvalue weighted by Gasteiger charge is -2.17. The van der Waals surface area contributed by atoms with Gasteiger partial charge in [0.25, 0.3) is 5.91 Å². The van der Waals surface area contributed by atoms with Crippen molar-refractivity contribution in [3.05, 3.63) is 58.2 Å². The van der Waals surface area contributed by atoms with Gasteiger partial charge in [-0.15, -0.1) is 0 Å². The second-order valence-corrected chi connectivity index (χ2v) is 6.44. The van der Waals surface area contributed by atoms with Crippen LogP contribution in [0.1, 0.15) is 21.6 Å².